The number of nitrogens with two attached hydrogens (primary N) is 1. The van der Waals surface area contributed by atoms with Crippen molar-refractivity contribution in [3.63, 3.8) is 0 Å². The summed E-state index contributed by atoms with van der Waals surface area (Å²) in [5.41, 5.74) is 14.5. The Morgan fingerprint density at radius 2 is 1.02 bits per heavy atom. The van der Waals surface area contributed by atoms with Crippen LogP contribution in [0.3, 0.4) is 0 Å². The van der Waals surface area contributed by atoms with E-state index < -0.39 is 0 Å². The summed E-state index contributed by atoms with van der Waals surface area (Å²) in [6.45, 7) is 0. The Morgan fingerprint density at radius 3 is 1.56 bits per heavy atom. The van der Waals surface area contributed by atoms with E-state index in [-0.39, 0.29) is 67.4 Å². The van der Waals surface area contributed by atoms with Gasteiger partial charge in [0.15, 0.2) is 11.6 Å². The molecule has 13 rings (SSSR count). The van der Waals surface area contributed by atoms with Crippen LogP contribution in [0, 0.1) is 28.6 Å². The van der Waals surface area contributed by atoms with E-state index in [1.165, 1.54) is 79.4 Å². The number of amides is 2. The molecular weight excluding hydrogens is 1210 g/mol. The number of rotatable bonds is 15. The number of esters is 1. The molecule has 6 aliphatic rings. The van der Waals surface area contributed by atoms with E-state index in [0.29, 0.717) is 64.9 Å². The molecule has 2 amide bonds. The van der Waals surface area contributed by atoms with E-state index in [1.54, 1.807) is 24.5 Å². The fourth-order valence-corrected chi connectivity index (χ4v) is 13.0. The summed E-state index contributed by atoms with van der Waals surface area (Å²) in [7, 11) is 0. The van der Waals surface area contributed by atoms with Gasteiger partial charge in [0.2, 0.25) is 11.9 Å². The van der Waals surface area contributed by atoms with Crippen LogP contribution in [0.4, 0.5) is 40.0 Å². The lowest BCUT2D eigenvalue weighted by atomic mass is 9.91. The highest BCUT2D eigenvalue weighted by atomic mass is 127. The third-order valence-corrected chi connectivity index (χ3v) is 17.5. The molecule has 4 heterocycles. The standard InChI is InChI=1S/C29H35N9O.C18H27N7.C18H15NO2.CH4.HI/c30-17-18-5-6-20-14-24(15-21(20)13-18)34-29(39)33-23-9-7-22(8-10-23)32-28-31-12-11-26(36-28)35-27-16-25(37-38-27)19-3-1-2-4-19;19-13-5-7-14(8-6-13)21-18-20-10-9-16(23-18)22-17-11-15(24-25-17)12-3-1-2-4-12;19-12-13-6-7-15-9-14(10-16(15)8-13)11-18(20)21-17-4-2-1-3-5-17;;/h5-6,11-13,16,19,22-24H,1-4,7-10,14-15H2,(H2,33,34,39)(H3,31,32,35,36,37,38);9-14H,1-8,19H2,(H3,20,21,22,23,24,25);1-8,14H,9-11H2;1H4;1H. The van der Waals surface area contributed by atoms with Gasteiger partial charge in [-0.1, -0.05) is 63.4 Å². The van der Waals surface area contributed by atoms with E-state index in [4.69, 9.17) is 21.0 Å². The van der Waals surface area contributed by atoms with Gasteiger partial charge in [0.1, 0.15) is 17.4 Å². The predicted octanol–water partition coefficient (Wildman–Crippen LogP) is 12.5. The molecule has 2 unspecified atom stereocenters. The largest absolute Gasteiger partial charge is 0.427 e. The average molecular weight is 1290 g/mol. The molecule has 6 aliphatic carbocycles. The molecule has 0 saturated heterocycles. The molecule has 2 atom stereocenters. The number of nitrogens with one attached hydrogen (secondary N) is 8. The first kappa shape index (κ1) is 63.4. The number of benzene rings is 3. The Labute approximate surface area is 527 Å². The smallest absolute Gasteiger partial charge is 0.315 e. The van der Waals surface area contributed by atoms with Gasteiger partial charge in [-0.05, 0) is 179 Å². The number of aromatic amines is 2. The third-order valence-electron chi connectivity index (χ3n) is 17.5. The molecule has 21 heteroatoms. The van der Waals surface area contributed by atoms with Crippen LogP contribution in [0.1, 0.15) is 173 Å². The van der Waals surface area contributed by atoms with Crippen molar-refractivity contribution in [1.29, 1.82) is 10.5 Å². The van der Waals surface area contributed by atoms with E-state index in [9.17, 15) is 9.59 Å². The van der Waals surface area contributed by atoms with Crippen LogP contribution < -0.4 is 42.4 Å². The van der Waals surface area contributed by atoms with Gasteiger partial charge in [-0.15, -0.1) is 24.0 Å². The zero-order chi connectivity index (χ0) is 58.3. The molecule has 4 aromatic heterocycles. The Balaban J connectivity index is 0.000000163. The number of carbonyl (C=O) groups excluding carboxylic acids is 2. The normalized spacial score (nSPS) is 21.0. The average Bonchev–Trinajstić information content (AvgIpc) is 3.95. The van der Waals surface area contributed by atoms with Crippen molar-refractivity contribution in [2.45, 2.75) is 184 Å². The highest BCUT2D eigenvalue weighted by Gasteiger charge is 2.29. The van der Waals surface area contributed by atoms with Crippen LogP contribution >= 0.6 is 24.0 Å². The number of hydrogen-bond donors (Lipinski definition) is 9. The van der Waals surface area contributed by atoms with E-state index in [2.05, 4.69) is 96.5 Å². The SMILES string of the molecule is C.I.N#Cc1ccc2c(c1)CC(CC(=O)Oc1ccccc1)C2.N#Cc1ccc2c(c1)CC(NC(=O)NC1CCC(Nc3nccc(Nc4cc(C5CCCC5)[nH]n4)n3)CC1)C2.NC1CCC(Nc2nccc(Nc3cc(C4CCCC4)[nH]n3)n2)CC1. The van der Waals surface area contributed by atoms with Gasteiger partial charge in [0.05, 0.1) is 23.3 Å². The lowest BCUT2D eigenvalue weighted by molar-refractivity contribution is -0.135. The Kier molecular flexibility index (Phi) is 22.6. The van der Waals surface area contributed by atoms with Gasteiger partial charge in [-0.3, -0.25) is 15.0 Å². The minimum atomic E-state index is -0.195. The monoisotopic (exact) mass is 1290 g/mol. The second-order valence-corrected chi connectivity index (χ2v) is 23.8. The highest BCUT2D eigenvalue weighted by Crippen LogP contribution is 2.36. The number of nitriles is 2. The number of fused-ring (bicyclic) bond motifs is 2. The number of para-hydroxylation sites is 1. The van der Waals surface area contributed by atoms with Crippen LogP contribution in [-0.2, 0) is 30.5 Å². The number of urea groups is 1. The van der Waals surface area contributed by atoms with Crippen molar-refractivity contribution in [2.75, 3.05) is 21.3 Å². The zero-order valence-corrected chi connectivity index (χ0v) is 50.9. The Morgan fingerprint density at radius 1 is 0.552 bits per heavy atom. The molecule has 456 valence electrons. The number of H-pyrrole nitrogens is 2. The van der Waals surface area contributed by atoms with Crippen LogP contribution in [0.2, 0.25) is 0 Å². The fraction of sp³-hybridized carbons (Fsp3) is 0.455. The van der Waals surface area contributed by atoms with E-state index in [0.717, 1.165) is 100 Å². The minimum Gasteiger partial charge on any atom is -0.427 e. The van der Waals surface area contributed by atoms with Gasteiger partial charge in [-0.2, -0.15) is 30.7 Å². The van der Waals surface area contributed by atoms with Crippen molar-refractivity contribution < 1.29 is 14.3 Å². The lowest BCUT2D eigenvalue weighted by Crippen LogP contribution is -2.48. The predicted molar refractivity (Wildman–Crippen MR) is 349 cm³/mol. The summed E-state index contributed by atoms with van der Waals surface area (Å²) in [4.78, 5) is 42.6. The number of halogens is 1. The number of aromatic nitrogens is 8. The summed E-state index contributed by atoms with van der Waals surface area (Å²) in [5, 5.41) is 52.9. The Hall–Kier alpha value is -8.15. The van der Waals surface area contributed by atoms with Gasteiger partial charge >= 0.3 is 12.0 Å². The van der Waals surface area contributed by atoms with Crippen molar-refractivity contribution in [3.05, 3.63) is 148 Å². The molecule has 0 spiro atoms. The van der Waals surface area contributed by atoms with Crippen LogP contribution in [-0.4, -0.2) is 82.5 Å². The van der Waals surface area contributed by atoms with Crippen molar-refractivity contribution in [3.8, 4) is 17.9 Å². The minimum absolute atomic E-state index is 0. The molecular formula is C66H82IN17O3. The maximum Gasteiger partial charge on any atom is 0.315 e. The zero-order valence-electron chi connectivity index (χ0n) is 48.6. The molecule has 0 bridgehead atoms. The third kappa shape index (κ3) is 18.0. The molecule has 10 N–H and O–H groups in total. The molecule has 20 nitrogen and oxygen atoms in total. The maximum atomic E-state index is 12.7. The van der Waals surface area contributed by atoms with E-state index in [1.807, 2.05) is 66.7 Å². The molecule has 3 aromatic carbocycles. The summed E-state index contributed by atoms with van der Waals surface area (Å²) in [6.07, 6.45) is 25.4. The quantitative estimate of drug-likeness (QED) is 0.0262. The van der Waals surface area contributed by atoms with Crippen molar-refractivity contribution in [1.82, 2.24) is 51.0 Å². The molecule has 7 aromatic rings. The molecule has 87 heavy (non-hydrogen) atoms. The number of anilines is 6. The van der Waals surface area contributed by atoms with Gasteiger partial charge in [0.25, 0.3) is 0 Å². The van der Waals surface area contributed by atoms with Gasteiger partial charge in [0, 0.05) is 84.4 Å². The maximum absolute atomic E-state index is 12.7. The first-order valence-corrected chi connectivity index (χ1v) is 30.6. The molecule has 4 saturated carbocycles. The Bertz CT molecular complexity index is 3440. The summed E-state index contributed by atoms with van der Waals surface area (Å²) in [5.74, 6) is 6.20. The first-order chi connectivity index (χ1) is 41.6. The number of carbonyl (C=O) groups is 2. The molecule has 4 fully saturated rings. The van der Waals surface area contributed by atoms with Crippen molar-refractivity contribution >= 4 is 71.1 Å². The summed E-state index contributed by atoms with van der Waals surface area (Å²) in [6, 6.07) is 34.1. The van der Waals surface area contributed by atoms with E-state index >= 15 is 0 Å². The van der Waals surface area contributed by atoms with Crippen LogP contribution in [0.15, 0.2) is 103 Å². The summed E-state index contributed by atoms with van der Waals surface area (Å²) >= 11 is 0. The number of nitrogens with zero attached hydrogens (tertiary/aromatic N) is 8. The topological polar surface area (TPSA) is 298 Å². The second kappa shape index (κ2) is 31.0. The second-order valence-electron chi connectivity index (χ2n) is 23.8. The number of ether oxygens (including phenoxy) is 1. The summed E-state index contributed by atoms with van der Waals surface area (Å²) < 4.78 is 5.33. The van der Waals surface area contributed by atoms with Gasteiger partial charge in [-0.25, -0.2) is 14.8 Å². The molecule has 0 radical (unpaired) electrons. The fourth-order valence-electron chi connectivity index (χ4n) is 13.0. The van der Waals surface area contributed by atoms with Gasteiger partial charge < -0.3 is 42.4 Å². The highest BCUT2D eigenvalue weighted by molar-refractivity contribution is 14.0. The van der Waals surface area contributed by atoms with Crippen LogP contribution in [0.5, 0.6) is 5.75 Å². The van der Waals surface area contributed by atoms with Crippen molar-refractivity contribution in [2.24, 2.45) is 11.7 Å². The lowest BCUT2D eigenvalue weighted by Gasteiger charge is -2.30. The number of hydrogen-bond acceptors (Lipinski definition) is 16. The molecule has 0 aliphatic heterocycles. The van der Waals surface area contributed by atoms with Crippen LogP contribution in [0.25, 0.3) is 0 Å². The first-order valence-electron chi connectivity index (χ1n) is 30.6.